The molecule has 0 N–H and O–H groups in total. The number of piperidine rings is 1. The standard InChI is InChI=1S/C19H28N6/c1-14-11-18(21-13-20-14)24(5)15-7-6-10-25(12-15)17-9-8-16(22-23-17)19(2,3)4/h8-9,11,13,15H,6-7,10,12H2,1-5H3. The summed E-state index contributed by atoms with van der Waals surface area (Å²) in [5, 5.41) is 8.92. The van der Waals surface area contributed by atoms with Gasteiger partial charge < -0.3 is 9.80 Å². The molecule has 1 atom stereocenters. The molecular formula is C19H28N6. The van der Waals surface area contributed by atoms with Crippen molar-refractivity contribution >= 4 is 11.6 Å². The van der Waals surface area contributed by atoms with Crippen LogP contribution in [0.1, 0.15) is 45.0 Å². The van der Waals surface area contributed by atoms with Crippen molar-refractivity contribution in [2.45, 2.75) is 52.0 Å². The van der Waals surface area contributed by atoms with E-state index in [1.807, 2.05) is 13.0 Å². The fraction of sp³-hybridized carbons (Fsp3) is 0.579. The van der Waals surface area contributed by atoms with E-state index in [0.717, 1.165) is 49.0 Å². The van der Waals surface area contributed by atoms with E-state index < -0.39 is 0 Å². The number of aromatic nitrogens is 4. The van der Waals surface area contributed by atoms with Crippen molar-refractivity contribution in [1.82, 2.24) is 20.2 Å². The molecule has 3 heterocycles. The SMILES string of the molecule is Cc1cc(N(C)C2CCCN(c3ccc(C(C)(C)C)nn3)C2)ncn1. The molecule has 1 aliphatic rings. The van der Waals surface area contributed by atoms with Crippen molar-refractivity contribution in [3.05, 3.63) is 35.9 Å². The highest BCUT2D eigenvalue weighted by Gasteiger charge is 2.25. The lowest BCUT2D eigenvalue weighted by Crippen LogP contribution is -2.47. The lowest BCUT2D eigenvalue weighted by Gasteiger charge is -2.38. The van der Waals surface area contributed by atoms with Crippen LogP contribution < -0.4 is 9.80 Å². The summed E-state index contributed by atoms with van der Waals surface area (Å²) in [6.07, 6.45) is 3.93. The minimum atomic E-state index is 0.0288. The van der Waals surface area contributed by atoms with E-state index in [2.05, 4.69) is 69.9 Å². The van der Waals surface area contributed by atoms with Gasteiger partial charge in [0, 0.05) is 43.4 Å². The van der Waals surface area contributed by atoms with Gasteiger partial charge in [0.2, 0.25) is 0 Å². The third-order valence-electron chi connectivity index (χ3n) is 4.84. The Morgan fingerprint density at radius 2 is 1.96 bits per heavy atom. The zero-order chi connectivity index (χ0) is 18.0. The van der Waals surface area contributed by atoms with Gasteiger partial charge in [0.1, 0.15) is 12.1 Å². The number of hydrogen-bond donors (Lipinski definition) is 0. The summed E-state index contributed by atoms with van der Waals surface area (Å²) in [5.74, 6) is 1.94. The van der Waals surface area contributed by atoms with Crippen LogP contribution in [0.15, 0.2) is 24.5 Å². The van der Waals surface area contributed by atoms with E-state index in [1.165, 1.54) is 0 Å². The first-order chi connectivity index (χ1) is 11.8. The zero-order valence-corrected chi connectivity index (χ0v) is 15.9. The summed E-state index contributed by atoms with van der Waals surface area (Å²) in [6, 6.07) is 6.65. The normalized spacial score (nSPS) is 18.3. The topological polar surface area (TPSA) is 58.0 Å². The van der Waals surface area contributed by atoms with Crippen LogP contribution in [0.3, 0.4) is 0 Å². The van der Waals surface area contributed by atoms with Gasteiger partial charge in [-0.3, -0.25) is 0 Å². The van der Waals surface area contributed by atoms with Crippen LogP contribution in [0.25, 0.3) is 0 Å². The maximum atomic E-state index is 4.48. The fourth-order valence-electron chi connectivity index (χ4n) is 3.19. The van der Waals surface area contributed by atoms with E-state index in [1.54, 1.807) is 6.33 Å². The van der Waals surface area contributed by atoms with E-state index >= 15 is 0 Å². The number of anilines is 2. The van der Waals surface area contributed by atoms with Crippen molar-refractivity contribution in [1.29, 1.82) is 0 Å². The van der Waals surface area contributed by atoms with Crippen LogP contribution in [0.4, 0.5) is 11.6 Å². The third kappa shape index (κ3) is 4.06. The van der Waals surface area contributed by atoms with Crippen LogP contribution in [-0.2, 0) is 5.41 Å². The first-order valence-electron chi connectivity index (χ1n) is 8.95. The Bertz CT molecular complexity index is 707. The highest BCUT2D eigenvalue weighted by molar-refractivity contribution is 5.43. The molecule has 2 aromatic heterocycles. The number of nitrogens with zero attached hydrogens (tertiary/aromatic N) is 6. The summed E-state index contributed by atoms with van der Waals surface area (Å²) >= 11 is 0. The van der Waals surface area contributed by atoms with Crippen molar-refractivity contribution in [2.24, 2.45) is 0 Å². The first kappa shape index (κ1) is 17.6. The number of aryl methyl sites for hydroxylation is 1. The molecule has 1 fully saturated rings. The highest BCUT2D eigenvalue weighted by Crippen LogP contribution is 2.25. The maximum absolute atomic E-state index is 4.48. The summed E-state index contributed by atoms with van der Waals surface area (Å²) in [6.45, 7) is 10.4. The monoisotopic (exact) mass is 340 g/mol. The molecule has 2 aromatic rings. The minimum Gasteiger partial charge on any atom is -0.355 e. The predicted octanol–water partition coefficient (Wildman–Crippen LogP) is 2.98. The molecule has 0 aliphatic carbocycles. The zero-order valence-electron chi connectivity index (χ0n) is 15.9. The van der Waals surface area contributed by atoms with Gasteiger partial charge in [-0.15, -0.1) is 5.10 Å². The molecule has 3 rings (SSSR count). The van der Waals surface area contributed by atoms with E-state index in [0.29, 0.717) is 6.04 Å². The van der Waals surface area contributed by atoms with Crippen molar-refractivity contribution in [3.8, 4) is 0 Å². The van der Waals surface area contributed by atoms with Gasteiger partial charge >= 0.3 is 0 Å². The van der Waals surface area contributed by atoms with Gasteiger partial charge in [-0.1, -0.05) is 20.8 Å². The lowest BCUT2D eigenvalue weighted by molar-refractivity contribution is 0.480. The molecular weight excluding hydrogens is 312 g/mol. The molecule has 1 aliphatic heterocycles. The Balaban J connectivity index is 1.72. The number of rotatable bonds is 3. The third-order valence-corrected chi connectivity index (χ3v) is 4.84. The molecule has 0 radical (unpaired) electrons. The van der Waals surface area contributed by atoms with E-state index in [-0.39, 0.29) is 5.41 Å². The van der Waals surface area contributed by atoms with Gasteiger partial charge in [0.25, 0.3) is 0 Å². The Morgan fingerprint density at radius 3 is 2.60 bits per heavy atom. The molecule has 0 bridgehead atoms. The molecule has 6 nitrogen and oxygen atoms in total. The highest BCUT2D eigenvalue weighted by atomic mass is 15.3. The Morgan fingerprint density at radius 1 is 1.16 bits per heavy atom. The smallest absolute Gasteiger partial charge is 0.151 e. The van der Waals surface area contributed by atoms with Crippen molar-refractivity contribution in [3.63, 3.8) is 0 Å². The van der Waals surface area contributed by atoms with Crippen molar-refractivity contribution < 1.29 is 0 Å². The van der Waals surface area contributed by atoms with Gasteiger partial charge in [-0.25, -0.2) is 9.97 Å². The Kier molecular flexibility index (Phi) is 4.88. The predicted molar refractivity (Wildman–Crippen MR) is 101 cm³/mol. The Hall–Kier alpha value is -2.24. The molecule has 1 saturated heterocycles. The quantitative estimate of drug-likeness (QED) is 0.856. The summed E-state index contributed by atoms with van der Waals surface area (Å²) in [5.41, 5.74) is 2.05. The summed E-state index contributed by atoms with van der Waals surface area (Å²) < 4.78 is 0. The van der Waals surface area contributed by atoms with Crippen LogP contribution in [0.5, 0.6) is 0 Å². The van der Waals surface area contributed by atoms with E-state index in [9.17, 15) is 0 Å². The molecule has 0 amide bonds. The maximum Gasteiger partial charge on any atom is 0.151 e. The molecule has 0 saturated carbocycles. The first-order valence-corrected chi connectivity index (χ1v) is 8.95. The average Bonchev–Trinajstić information content (AvgIpc) is 2.60. The van der Waals surface area contributed by atoms with Crippen LogP contribution in [0, 0.1) is 6.92 Å². The molecule has 134 valence electrons. The second-order valence-electron chi connectivity index (χ2n) is 7.90. The summed E-state index contributed by atoms with van der Waals surface area (Å²) in [4.78, 5) is 13.2. The average molecular weight is 340 g/mol. The van der Waals surface area contributed by atoms with Crippen LogP contribution in [0.2, 0.25) is 0 Å². The molecule has 25 heavy (non-hydrogen) atoms. The van der Waals surface area contributed by atoms with Gasteiger partial charge in [-0.2, -0.15) is 5.10 Å². The second-order valence-corrected chi connectivity index (χ2v) is 7.90. The fourth-order valence-corrected chi connectivity index (χ4v) is 3.19. The largest absolute Gasteiger partial charge is 0.355 e. The number of likely N-dealkylation sites (N-methyl/N-ethyl adjacent to an activating group) is 1. The second kappa shape index (κ2) is 6.94. The summed E-state index contributed by atoms with van der Waals surface area (Å²) in [7, 11) is 2.12. The van der Waals surface area contributed by atoms with Crippen molar-refractivity contribution in [2.75, 3.05) is 29.9 Å². The number of hydrogen-bond acceptors (Lipinski definition) is 6. The van der Waals surface area contributed by atoms with Gasteiger partial charge in [-0.05, 0) is 31.9 Å². The molecule has 0 aromatic carbocycles. The van der Waals surface area contributed by atoms with E-state index in [4.69, 9.17) is 0 Å². The lowest BCUT2D eigenvalue weighted by atomic mass is 9.92. The minimum absolute atomic E-state index is 0.0288. The molecule has 6 heteroatoms. The van der Waals surface area contributed by atoms with Crippen LogP contribution in [-0.4, -0.2) is 46.3 Å². The van der Waals surface area contributed by atoms with Crippen LogP contribution >= 0.6 is 0 Å². The van der Waals surface area contributed by atoms with Gasteiger partial charge in [0.15, 0.2) is 5.82 Å². The molecule has 0 spiro atoms. The molecule has 1 unspecified atom stereocenters. The Labute approximate surface area is 150 Å². The van der Waals surface area contributed by atoms with Gasteiger partial charge in [0.05, 0.1) is 5.69 Å².